The lowest BCUT2D eigenvalue weighted by Gasteiger charge is -2.49. The van der Waals surface area contributed by atoms with Crippen LogP contribution in [0.5, 0.6) is 11.5 Å². The number of nitrogens with zero attached hydrogens (tertiary/aromatic N) is 1. The van der Waals surface area contributed by atoms with Crippen LogP contribution in [0.15, 0.2) is 23.0 Å². The maximum Gasteiger partial charge on any atom is 0.202 e. The number of rotatable bonds is 6. The van der Waals surface area contributed by atoms with Crippen molar-refractivity contribution in [3.8, 4) is 11.5 Å². The fourth-order valence-electron chi connectivity index (χ4n) is 7.35. The van der Waals surface area contributed by atoms with E-state index in [1.54, 1.807) is 13.0 Å². The molecular formula is C29H36N2O8. The molecule has 5 rings (SSSR count). The summed E-state index contributed by atoms with van der Waals surface area (Å²) in [5.74, 6) is -5.25. The largest absolute Gasteiger partial charge is 0.508 e. The molecule has 1 heterocycles. The lowest BCUT2D eigenvalue weighted by Crippen LogP contribution is -2.65. The zero-order valence-corrected chi connectivity index (χ0v) is 22.7. The highest BCUT2D eigenvalue weighted by atomic mass is 16.5. The molecule has 3 aliphatic carbocycles. The summed E-state index contributed by atoms with van der Waals surface area (Å²) in [6, 6.07) is 0.527. The summed E-state index contributed by atoms with van der Waals surface area (Å²) in [7, 11) is 1.54. The number of methoxy groups -OCH3 is 1. The fourth-order valence-corrected chi connectivity index (χ4v) is 7.35. The van der Waals surface area contributed by atoms with Gasteiger partial charge < -0.3 is 30.5 Å². The first-order chi connectivity index (χ1) is 18.5. The second-order valence-electron chi connectivity index (χ2n) is 10.9. The van der Waals surface area contributed by atoms with Gasteiger partial charge in [0.1, 0.15) is 28.6 Å². The number of phenolic OH excluding ortho intramolecular Hbond substituents is 1. The number of carbonyl (C=O) groups excluding carboxylic acids is 3. The van der Waals surface area contributed by atoms with Crippen molar-refractivity contribution in [2.24, 2.45) is 11.8 Å². The first kappa shape index (κ1) is 27.4. The van der Waals surface area contributed by atoms with E-state index in [-0.39, 0.29) is 35.8 Å². The SMILES string of the molecule is CCN[C@@H]1C(=O)C(C(C)=O)=C(O)[C@@]2(O)C(=O)C3=C(O)c4c(O)cc(C5CCCN5CC)c(OC)c4C[C@H]3C[C@@H]12. The maximum absolute atomic E-state index is 14.0. The van der Waals surface area contributed by atoms with Crippen molar-refractivity contribution in [1.29, 1.82) is 0 Å². The molecule has 1 aromatic rings. The van der Waals surface area contributed by atoms with E-state index in [4.69, 9.17) is 4.74 Å². The van der Waals surface area contributed by atoms with E-state index >= 15 is 0 Å². The molecule has 4 aliphatic rings. The summed E-state index contributed by atoms with van der Waals surface area (Å²) in [6.07, 6.45) is 2.18. The zero-order chi connectivity index (χ0) is 28.4. The average Bonchev–Trinajstić information content (AvgIpc) is 3.37. The molecule has 5 atom stereocenters. The van der Waals surface area contributed by atoms with E-state index in [2.05, 4.69) is 17.1 Å². The van der Waals surface area contributed by atoms with Crippen molar-refractivity contribution in [1.82, 2.24) is 10.2 Å². The number of phenols is 1. The van der Waals surface area contributed by atoms with Crippen LogP contribution < -0.4 is 10.1 Å². The molecule has 1 aromatic carbocycles. The van der Waals surface area contributed by atoms with E-state index in [0.29, 0.717) is 17.9 Å². The van der Waals surface area contributed by atoms with Gasteiger partial charge in [-0.3, -0.25) is 19.3 Å². The van der Waals surface area contributed by atoms with Crippen LogP contribution in [-0.4, -0.2) is 81.1 Å². The van der Waals surface area contributed by atoms with E-state index in [9.17, 15) is 34.8 Å². The number of carbonyl (C=O) groups is 3. The van der Waals surface area contributed by atoms with Crippen LogP contribution >= 0.6 is 0 Å². The lowest BCUT2D eigenvalue weighted by atomic mass is 9.57. The van der Waals surface area contributed by atoms with Crippen LogP contribution in [0.25, 0.3) is 5.76 Å². The lowest BCUT2D eigenvalue weighted by molar-refractivity contribution is -0.150. The average molecular weight is 541 g/mol. The molecule has 0 amide bonds. The van der Waals surface area contributed by atoms with Gasteiger partial charge in [0.15, 0.2) is 17.2 Å². The Morgan fingerprint density at radius 3 is 2.56 bits per heavy atom. The Hall–Kier alpha value is -3.21. The van der Waals surface area contributed by atoms with Crippen molar-refractivity contribution in [2.45, 2.75) is 64.1 Å². The summed E-state index contributed by atoms with van der Waals surface area (Å²) in [5.41, 5.74) is -1.90. The van der Waals surface area contributed by atoms with Crippen molar-refractivity contribution >= 4 is 23.1 Å². The number of hydrogen-bond acceptors (Lipinski definition) is 10. The summed E-state index contributed by atoms with van der Waals surface area (Å²) >= 11 is 0. The van der Waals surface area contributed by atoms with Crippen LogP contribution in [0.3, 0.4) is 0 Å². The third-order valence-electron chi connectivity index (χ3n) is 9.04. The van der Waals surface area contributed by atoms with Gasteiger partial charge in [-0.2, -0.15) is 0 Å². The second kappa shape index (κ2) is 9.76. The minimum Gasteiger partial charge on any atom is -0.508 e. The van der Waals surface area contributed by atoms with Gasteiger partial charge in [0.05, 0.1) is 18.7 Å². The predicted molar refractivity (Wildman–Crippen MR) is 141 cm³/mol. The Labute approximate surface area is 227 Å². The van der Waals surface area contributed by atoms with Crippen LogP contribution in [-0.2, 0) is 20.8 Å². The van der Waals surface area contributed by atoms with Gasteiger partial charge in [0, 0.05) is 28.7 Å². The Kier molecular flexibility index (Phi) is 6.85. The molecular weight excluding hydrogens is 504 g/mol. The first-order valence-electron chi connectivity index (χ1n) is 13.6. The highest BCUT2D eigenvalue weighted by molar-refractivity contribution is 6.25. The molecule has 0 spiro atoms. The van der Waals surface area contributed by atoms with E-state index in [1.807, 2.05) is 0 Å². The zero-order valence-electron chi connectivity index (χ0n) is 22.7. The fraction of sp³-hybridized carbons (Fsp3) is 0.552. The molecule has 0 aromatic heterocycles. The van der Waals surface area contributed by atoms with Gasteiger partial charge >= 0.3 is 0 Å². The number of benzene rings is 1. The van der Waals surface area contributed by atoms with Gasteiger partial charge in [0.2, 0.25) is 5.78 Å². The van der Waals surface area contributed by atoms with Gasteiger partial charge in [-0.1, -0.05) is 13.8 Å². The number of ether oxygens (including phenoxy) is 1. The number of nitrogens with one attached hydrogen (secondary N) is 1. The summed E-state index contributed by atoms with van der Waals surface area (Å²) in [5, 5.41) is 48.3. The number of likely N-dealkylation sites (N-methyl/N-ethyl adjacent to an activating group) is 1. The number of likely N-dealkylation sites (tertiary alicyclic amines) is 1. The van der Waals surface area contributed by atoms with E-state index in [1.165, 1.54) is 7.11 Å². The number of fused-ring (bicyclic) bond motifs is 3. The van der Waals surface area contributed by atoms with Gasteiger partial charge in [-0.15, -0.1) is 0 Å². The summed E-state index contributed by atoms with van der Waals surface area (Å²) < 4.78 is 5.86. The van der Waals surface area contributed by atoms with Gasteiger partial charge in [0.25, 0.3) is 0 Å². The molecule has 1 unspecified atom stereocenters. The monoisotopic (exact) mass is 540 g/mol. The van der Waals surface area contributed by atoms with Gasteiger partial charge in [-0.25, -0.2) is 0 Å². The Balaban J connectivity index is 1.70. The molecule has 5 N–H and O–H groups in total. The van der Waals surface area contributed by atoms with E-state index < -0.39 is 57.9 Å². The third-order valence-corrected chi connectivity index (χ3v) is 9.04. The van der Waals surface area contributed by atoms with Crippen LogP contribution in [0, 0.1) is 11.8 Å². The predicted octanol–water partition coefficient (Wildman–Crippen LogP) is 2.28. The van der Waals surface area contributed by atoms with Crippen molar-refractivity contribution in [3.63, 3.8) is 0 Å². The minimum absolute atomic E-state index is 0.0351. The minimum atomic E-state index is -2.58. The topological polar surface area (TPSA) is 157 Å². The molecule has 0 radical (unpaired) electrons. The van der Waals surface area contributed by atoms with Crippen LogP contribution in [0.2, 0.25) is 0 Å². The molecule has 0 bridgehead atoms. The Morgan fingerprint density at radius 2 is 1.95 bits per heavy atom. The molecule has 210 valence electrons. The quantitative estimate of drug-likeness (QED) is 0.339. The standard InChI is InChI=1S/C29H36N2O8/c1-5-30-23-17-11-14-10-16-22(19(33)12-15(26(16)39-4)18-8-7-9-31(18)6-2)24(34)21(14)28(37)29(17,38)27(36)20(13(3)32)25(23)35/h12,14,17-18,23,30,33-34,36,38H,5-11H2,1-4H3/t14-,17-,18?,23-,29+/m0/s1. The molecule has 1 saturated carbocycles. The number of aliphatic hydroxyl groups excluding tert-OH is 2. The number of aliphatic hydroxyl groups is 3. The van der Waals surface area contributed by atoms with Gasteiger partial charge in [-0.05, 0) is 64.2 Å². The first-order valence-corrected chi connectivity index (χ1v) is 13.6. The van der Waals surface area contributed by atoms with Crippen LogP contribution in [0.4, 0.5) is 0 Å². The van der Waals surface area contributed by atoms with Crippen molar-refractivity contribution in [3.05, 3.63) is 39.7 Å². The second-order valence-corrected chi connectivity index (χ2v) is 10.9. The van der Waals surface area contributed by atoms with E-state index in [0.717, 1.165) is 38.4 Å². The third kappa shape index (κ3) is 3.76. The highest BCUT2D eigenvalue weighted by Crippen LogP contribution is 2.54. The number of Topliss-reactive ketones (excluding diaryl/α,β-unsaturated/α-hetero) is 3. The van der Waals surface area contributed by atoms with Crippen molar-refractivity contribution in [2.75, 3.05) is 26.7 Å². The summed E-state index contributed by atoms with van der Waals surface area (Å²) in [6.45, 7) is 7.00. The Bertz CT molecular complexity index is 1330. The number of hydrogen-bond donors (Lipinski definition) is 5. The number of ketones is 3. The summed E-state index contributed by atoms with van der Waals surface area (Å²) in [4.78, 5) is 41.8. The maximum atomic E-state index is 14.0. The van der Waals surface area contributed by atoms with Crippen molar-refractivity contribution < 1.29 is 39.5 Å². The molecule has 2 fully saturated rings. The van der Waals surface area contributed by atoms with Crippen LogP contribution in [0.1, 0.15) is 62.8 Å². The molecule has 10 nitrogen and oxygen atoms in total. The molecule has 10 heteroatoms. The molecule has 1 aliphatic heterocycles. The molecule has 1 saturated heterocycles. The molecule has 39 heavy (non-hydrogen) atoms. The highest BCUT2D eigenvalue weighted by Gasteiger charge is 2.63. The Morgan fingerprint density at radius 1 is 1.23 bits per heavy atom. The number of aromatic hydroxyl groups is 1. The normalized spacial score (nSPS) is 30.8. The smallest absolute Gasteiger partial charge is 0.202 e.